The predicted molar refractivity (Wildman–Crippen MR) is 84.6 cm³/mol. The monoisotopic (exact) mass is 290 g/mol. The number of nitrogens with zero attached hydrogens (tertiary/aromatic N) is 1. The highest BCUT2D eigenvalue weighted by molar-refractivity contribution is 5.76. The van der Waals surface area contributed by atoms with Crippen LogP contribution in [0.5, 0.6) is 5.75 Å². The Morgan fingerprint density at radius 3 is 2.62 bits per heavy atom. The molecule has 0 aromatic heterocycles. The zero-order valence-corrected chi connectivity index (χ0v) is 13.1. The fourth-order valence-corrected chi connectivity index (χ4v) is 2.51. The molecule has 1 amide bonds. The van der Waals surface area contributed by atoms with Crippen LogP contribution < -0.4 is 10.1 Å². The van der Waals surface area contributed by atoms with E-state index in [-0.39, 0.29) is 5.91 Å². The largest absolute Gasteiger partial charge is 0.494 e. The van der Waals surface area contributed by atoms with Crippen molar-refractivity contribution in [3.63, 3.8) is 0 Å². The van der Waals surface area contributed by atoms with Crippen LogP contribution in [0.3, 0.4) is 0 Å². The van der Waals surface area contributed by atoms with E-state index in [2.05, 4.69) is 24.2 Å². The molecule has 1 aromatic carbocycles. The normalized spacial score (nSPS) is 16.7. The van der Waals surface area contributed by atoms with E-state index >= 15 is 0 Å². The summed E-state index contributed by atoms with van der Waals surface area (Å²) in [7, 11) is 2.13. The third kappa shape index (κ3) is 5.76. The maximum absolute atomic E-state index is 11.9. The summed E-state index contributed by atoms with van der Waals surface area (Å²) >= 11 is 0. The van der Waals surface area contributed by atoms with Gasteiger partial charge in [-0.15, -0.1) is 0 Å². The van der Waals surface area contributed by atoms with Gasteiger partial charge in [0.05, 0.1) is 6.61 Å². The molecule has 4 nitrogen and oxygen atoms in total. The first-order chi connectivity index (χ1) is 10.1. The zero-order valence-electron chi connectivity index (χ0n) is 13.1. The minimum atomic E-state index is 0.150. The van der Waals surface area contributed by atoms with E-state index in [1.54, 1.807) is 0 Å². The average Bonchev–Trinajstić information content (AvgIpc) is 2.48. The Kier molecular flexibility index (Phi) is 6.05. The number of ether oxygens (including phenoxy) is 1. The van der Waals surface area contributed by atoms with E-state index in [1.807, 2.05) is 24.3 Å². The lowest BCUT2D eigenvalue weighted by atomic mass is 10.1. The van der Waals surface area contributed by atoms with Gasteiger partial charge < -0.3 is 15.0 Å². The van der Waals surface area contributed by atoms with Crippen LogP contribution >= 0.6 is 0 Å². The highest BCUT2D eigenvalue weighted by Crippen LogP contribution is 2.12. The second-order valence-corrected chi connectivity index (χ2v) is 5.91. The summed E-state index contributed by atoms with van der Waals surface area (Å²) in [4.78, 5) is 14.2. The number of piperidine rings is 1. The molecule has 1 saturated heterocycles. The van der Waals surface area contributed by atoms with Crippen molar-refractivity contribution < 1.29 is 9.53 Å². The highest BCUT2D eigenvalue weighted by atomic mass is 16.5. The van der Waals surface area contributed by atoms with Gasteiger partial charge in [0.15, 0.2) is 0 Å². The number of nitrogens with one attached hydrogen (secondary N) is 1. The molecule has 0 aliphatic carbocycles. The summed E-state index contributed by atoms with van der Waals surface area (Å²) in [5.74, 6) is 1.02. The Morgan fingerprint density at radius 1 is 1.29 bits per heavy atom. The fraction of sp³-hybridized carbons (Fsp3) is 0.588. The third-order valence-electron chi connectivity index (χ3n) is 3.92. The molecule has 1 aliphatic heterocycles. The number of hydrogen-bond acceptors (Lipinski definition) is 3. The summed E-state index contributed by atoms with van der Waals surface area (Å²) in [5, 5.41) is 3.12. The lowest BCUT2D eigenvalue weighted by Gasteiger charge is -2.29. The van der Waals surface area contributed by atoms with E-state index in [1.165, 1.54) is 5.56 Å². The molecule has 2 rings (SSSR count). The minimum absolute atomic E-state index is 0.150. The highest BCUT2D eigenvalue weighted by Gasteiger charge is 2.17. The van der Waals surface area contributed by atoms with Crippen molar-refractivity contribution in [1.82, 2.24) is 10.2 Å². The van der Waals surface area contributed by atoms with Crippen molar-refractivity contribution in [2.75, 3.05) is 26.7 Å². The molecule has 0 spiro atoms. The van der Waals surface area contributed by atoms with E-state index in [4.69, 9.17) is 4.74 Å². The van der Waals surface area contributed by atoms with Gasteiger partial charge in [-0.2, -0.15) is 0 Å². The van der Waals surface area contributed by atoms with Gasteiger partial charge >= 0.3 is 0 Å². The first-order valence-electron chi connectivity index (χ1n) is 7.81. The molecule has 4 heteroatoms. The van der Waals surface area contributed by atoms with Gasteiger partial charge in [-0.3, -0.25) is 4.79 Å². The van der Waals surface area contributed by atoms with Crippen LogP contribution in [-0.2, 0) is 4.79 Å². The molecule has 1 aliphatic rings. The van der Waals surface area contributed by atoms with Gasteiger partial charge in [-0.05, 0) is 58.5 Å². The first-order valence-corrected chi connectivity index (χ1v) is 7.81. The predicted octanol–water partition coefficient (Wildman–Crippen LogP) is 2.36. The minimum Gasteiger partial charge on any atom is -0.494 e. The molecule has 0 bridgehead atoms. The summed E-state index contributed by atoms with van der Waals surface area (Å²) in [6.07, 6.45) is 3.41. The van der Waals surface area contributed by atoms with Gasteiger partial charge in [0.2, 0.25) is 5.91 Å². The SMILES string of the molecule is Cc1ccc(OCCCC(=O)NC2CCN(C)CC2)cc1. The van der Waals surface area contributed by atoms with Crippen molar-refractivity contribution in [1.29, 1.82) is 0 Å². The van der Waals surface area contributed by atoms with Crippen LogP contribution in [0.2, 0.25) is 0 Å². The molecule has 1 aromatic rings. The lowest BCUT2D eigenvalue weighted by Crippen LogP contribution is -2.43. The fourth-order valence-electron chi connectivity index (χ4n) is 2.51. The number of rotatable bonds is 6. The van der Waals surface area contributed by atoms with Crippen molar-refractivity contribution in [3.05, 3.63) is 29.8 Å². The average molecular weight is 290 g/mol. The molecule has 0 radical (unpaired) electrons. The number of amides is 1. The van der Waals surface area contributed by atoms with Gasteiger partial charge in [0.1, 0.15) is 5.75 Å². The van der Waals surface area contributed by atoms with Crippen molar-refractivity contribution >= 4 is 5.91 Å². The van der Waals surface area contributed by atoms with Crippen molar-refractivity contribution in [2.45, 2.75) is 38.6 Å². The van der Waals surface area contributed by atoms with E-state index < -0.39 is 0 Å². The van der Waals surface area contributed by atoms with E-state index in [0.29, 0.717) is 19.1 Å². The molecule has 1 heterocycles. The van der Waals surface area contributed by atoms with Crippen molar-refractivity contribution in [2.24, 2.45) is 0 Å². The molecule has 116 valence electrons. The van der Waals surface area contributed by atoms with Crippen LogP contribution in [0.25, 0.3) is 0 Å². The second-order valence-electron chi connectivity index (χ2n) is 5.91. The summed E-state index contributed by atoms with van der Waals surface area (Å²) in [6, 6.07) is 8.35. The smallest absolute Gasteiger partial charge is 0.220 e. The van der Waals surface area contributed by atoms with Gasteiger partial charge in [-0.1, -0.05) is 17.7 Å². The summed E-state index contributed by atoms with van der Waals surface area (Å²) < 4.78 is 5.63. The first kappa shape index (κ1) is 15.8. The lowest BCUT2D eigenvalue weighted by molar-refractivity contribution is -0.122. The van der Waals surface area contributed by atoms with Crippen LogP contribution in [0.15, 0.2) is 24.3 Å². The van der Waals surface area contributed by atoms with Gasteiger partial charge in [0.25, 0.3) is 0 Å². The van der Waals surface area contributed by atoms with E-state index in [0.717, 1.165) is 38.1 Å². The van der Waals surface area contributed by atoms with Gasteiger partial charge in [-0.25, -0.2) is 0 Å². The summed E-state index contributed by atoms with van der Waals surface area (Å²) in [6.45, 7) is 4.78. The third-order valence-corrected chi connectivity index (χ3v) is 3.92. The Hall–Kier alpha value is -1.55. The molecular weight excluding hydrogens is 264 g/mol. The molecule has 0 saturated carbocycles. The van der Waals surface area contributed by atoms with Crippen LogP contribution in [0.1, 0.15) is 31.2 Å². The van der Waals surface area contributed by atoms with Crippen LogP contribution in [-0.4, -0.2) is 43.6 Å². The molecule has 1 N–H and O–H groups in total. The number of likely N-dealkylation sites (tertiary alicyclic amines) is 1. The maximum Gasteiger partial charge on any atom is 0.220 e. The zero-order chi connectivity index (χ0) is 15.1. The summed E-state index contributed by atoms with van der Waals surface area (Å²) in [5.41, 5.74) is 1.22. The molecule has 21 heavy (non-hydrogen) atoms. The number of benzene rings is 1. The number of aryl methyl sites for hydroxylation is 1. The number of carbonyl (C=O) groups is 1. The van der Waals surface area contributed by atoms with E-state index in [9.17, 15) is 4.79 Å². The molecule has 0 atom stereocenters. The Balaban J connectivity index is 1.58. The van der Waals surface area contributed by atoms with Gasteiger partial charge in [0, 0.05) is 12.5 Å². The second kappa shape index (κ2) is 8.03. The standard InChI is InChI=1S/C17H26N2O2/c1-14-5-7-16(8-6-14)21-13-3-4-17(20)18-15-9-11-19(2)12-10-15/h5-8,15H,3-4,9-13H2,1-2H3,(H,18,20). The Bertz CT molecular complexity index is 437. The Labute approximate surface area is 127 Å². The Morgan fingerprint density at radius 2 is 1.95 bits per heavy atom. The molecule has 0 unspecified atom stereocenters. The van der Waals surface area contributed by atoms with Crippen LogP contribution in [0, 0.1) is 6.92 Å². The molecule has 1 fully saturated rings. The molecular formula is C17H26N2O2. The topological polar surface area (TPSA) is 41.6 Å². The van der Waals surface area contributed by atoms with Crippen molar-refractivity contribution in [3.8, 4) is 5.75 Å². The number of carbonyl (C=O) groups excluding carboxylic acids is 1. The van der Waals surface area contributed by atoms with Crippen LogP contribution in [0.4, 0.5) is 0 Å². The maximum atomic E-state index is 11.9. The number of hydrogen-bond donors (Lipinski definition) is 1. The quantitative estimate of drug-likeness (QED) is 0.818.